The third-order valence-corrected chi connectivity index (χ3v) is 8.75. The van der Waals surface area contributed by atoms with E-state index in [0.29, 0.717) is 30.5 Å². The Hall–Kier alpha value is -2.90. The number of aryl methyl sites for hydroxylation is 1. The summed E-state index contributed by atoms with van der Waals surface area (Å²) in [5, 5.41) is 3.22. The van der Waals surface area contributed by atoms with Crippen LogP contribution in [-0.4, -0.2) is 58.8 Å². The van der Waals surface area contributed by atoms with Gasteiger partial charge in [-0.15, -0.1) is 0 Å². The summed E-state index contributed by atoms with van der Waals surface area (Å²) < 4.78 is 6.56. The van der Waals surface area contributed by atoms with Gasteiger partial charge >= 0.3 is 0 Å². The first-order chi connectivity index (χ1) is 17.9. The molecule has 2 aromatic carbocycles. The Morgan fingerprint density at radius 2 is 1.81 bits per heavy atom. The van der Waals surface area contributed by atoms with E-state index < -0.39 is 11.9 Å². The maximum Gasteiger partial charge on any atom is 0.255 e. The van der Waals surface area contributed by atoms with Crippen molar-refractivity contribution in [3.05, 3.63) is 63.7 Å². The number of halogens is 1. The number of hydrogen-bond donors (Lipinski definition) is 1. The van der Waals surface area contributed by atoms with E-state index in [1.54, 1.807) is 4.90 Å². The van der Waals surface area contributed by atoms with Crippen molar-refractivity contribution in [2.24, 2.45) is 0 Å². The number of ether oxygens (including phenoxy) is 1. The molecule has 8 heteroatoms. The SMILES string of the molecule is Cc1ccc(C2CN([C@@H]3CCCC[C@H]3Oc3ccc4c(c3)CN(C3CCC(=O)NC3=O)C4=O)C2)c(Cl)c1. The molecular weight excluding hydrogens is 490 g/mol. The lowest BCUT2D eigenvalue weighted by molar-refractivity contribution is -0.136. The van der Waals surface area contributed by atoms with Crippen LogP contribution >= 0.6 is 11.6 Å². The minimum absolute atomic E-state index is 0.101. The summed E-state index contributed by atoms with van der Waals surface area (Å²) in [6.07, 6.45) is 5.20. The quantitative estimate of drug-likeness (QED) is 0.597. The summed E-state index contributed by atoms with van der Waals surface area (Å²) in [5.41, 5.74) is 3.90. The molecule has 1 unspecified atom stereocenters. The number of fused-ring (bicyclic) bond motifs is 1. The second-order valence-corrected chi connectivity index (χ2v) is 11.3. The van der Waals surface area contributed by atoms with E-state index in [1.165, 1.54) is 17.5 Å². The fourth-order valence-corrected chi connectivity index (χ4v) is 6.76. The molecule has 0 aromatic heterocycles. The zero-order valence-electron chi connectivity index (χ0n) is 21.0. The number of nitrogens with one attached hydrogen (secondary N) is 1. The molecule has 194 valence electrons. The molecule has 3 heterocycles. The Labute approximate surface area is 222 Å². The van der Waals surface area contributed by atoms with Crippen LogP contribution in [0.3, 0.4) is 0 Å². The highest BCUT2D eigenvalue weighted by molar-refractivity contribution is 6.31. The lowest BCUT2D eigenvalue weighted by atomic mass is 9.84. The molecule has 2 aromatic rings. The van der Waals surface area contributed by atoms with Crippen molar-refractivity contribution < 1.29 is 19.1 Å². The highest BCUT2D eigenvalue weighted by Crippen LogP contribution is 2.38. The predicted octanol–water partition coefficient (Wildman–Crippen LogP) is 4.20. The largest absolute Gasteiger partial charge is 0.489 e. The van der Waals surface area contributed by atoms with Crippen molar-refractivity contribution >= 4 is 29.3 Å². The number of rotatable bonds is 5. The van der Waals surface area contributed by atoms with Gasteiger partial charge in [-0.1, -0.05) is 30.2 Å². The number of carbonyl (C=O) groups excluding carboxylic acids is 3. The minimum Gasteiger partial charge on any atom is -0.489 e. The molecule has 0 bridgehead atoms. The average molecular weight is 522 g/mol. The Morgan fingerprint density at radius 3 is 2.59 bits per heavy atom. The normalized spacial score (nSPS) is 26.6. The summed E-state index contributed by atoms with van der Waals surface area (Å²) in [4.78, 5) is 41.0. The molecule has 1 aliphatic carbocycles. The summed E-state index contributed by atoms with van der Waals surface area (Å²) >= 11 is 6.53. The maximum atomic E-state index is 13.0. The number of likely N-dealkylation sites (tertiary alicyclic amines) is 1. The molecule has 3 fully saturated rings. The van der Waals surface area contributed by atoms with Gasteiger partial charge in [-0.05, 0) is 73.6 Å². The predicted molar refractivity (Wildman–Crippen MR) is 140 cm³/mol. The first kappa shape index (κ1) is 24.4. The number of nitrogens with zero attached hydrogens (tertiary/aromatic N) is 2. The zero-order chi connectivity index (χ0) is 25.7. The lowest BCUT2D eigenvalue weighted by Gasteiger charge is -2.48. The van der Waals surface area contributed by atoms with Gasteiger partial charge in [0.25, 0.3) is 5.91 Å². The van der Waals surface area contributed by atoms with E-state index in [2.05, 4.69) is 29.3 Å². The fourth-order valence-electron chi connectivity index (χ4n) is 6.37. The highest BCUT2D eigenvalue weighted by Gasteiger charge is 2.41. The maximum absolute atomic E-state index is 13.0. The van der Waals surface area contributed by atoms with Crippen molar-refractivity contribution in [1.82, 2.24) is 15.1 Å². The molecule has 0 spiro atoms. The minimum atomic E-state index is -0.605. The molecule has 3 aliphatic heterocycles. The first-order valence-corrected chi connectivity index (χ1v) is 13.7. The van der Waals surface area contributed by atoms with Crippen LogP contribution in [0.1, 0.15) is 71.5 Å². The molecule has 2 saturated heterocycles. The standard InChI is InChI=1S/C29H32ClN3O4/c1-17-6-8-21(23(30)12-17)19-14-32(15-19)24-4-2-3-5-26(24)37-20-7-9-22-18(13-20)16-33(29(22)36)25-10-11-27(34)31-28(25)35/h6-9,12-13,19,24-26H,2-5,10-11,14-16H2,1H3,(H,31,34,35)/t24-,25?,26-/m1/s1. The molecule has 1 saturated carbocycles. The summed E-state index contributed by atoms with van der Waals surface area (Å²) in [5.74, 6) is 0.400. The van der Waals surface area contributed by atoms with Gasteiger partial charge in [0.1, 0.15) is 17.9 Å². The molecule has 6 rings (SSSR count). The second kappa shape index (κ2) is 9.76. The third kappa shape index (κ3) is 4.64. The molecule has 1 N–H and O–H groups in total. The van der Waals surface area contributed by atoms with Gasteiger partial charge in [-0.3, -0.25) is 24.6 Å². The van der Waals surface area contributed by atoms with E-state index in [0.717, 1.165) is 48.7 Å². The fraction of sp³-hybridized carbons (Fsp3) is 0.483. The van der Waals surface area contributed by atoms with E-state index in [-0.39, 0.29) is 24.3 Å². The first-order valence-electron chi connectivity index (χ1n) is 13.3. The van der Waals surface area contributed by atoms with Gasteiger partial charge in [-0.2, -0.15) is 0 Å². The van der Waals surface area contributed by atoms with Crippen molar-refractivity contribution in [3.8, 4) is 5.75 Å². The van der Waals surface area contributed by atoms with Crippen LogP contribution in [0.5, 0.6) is 5.75 Å². The monoisotopic (exact) mass is 521 g/mol. The Kier molecular flexibility index (Phi) is 6.45. The molecular formula is C29H32ClN3O4. The summed E-state index contributed by atoms with van der Waals surface area (Å²) in [7, 11) is 0. The van der Waals surface area contributed by atoms with Gasteiger partial charge in [0, 0.05) is 48.6 Å². The van der Waals surface area contributed by atoms with Crippen molar-refractivity contribution in [3.63, 3.8) is 0 Å². The Bertz CT molecular complexity index is 1260. The van der Waals surface area contributed by atoms with Crippen LogP contribution in [0.25, 0.3) is 0 Å². The molecule has 4 aliphatic rings. The number of imide groups is 1. The zero-order valence-corrected chi connectivity index (χ0v) is 21.8. The molecule has 3 atom stereocenters. The number of carbonyl (C=O) groups is 3. The number of benzene rings is 2. The third-order valence-electron chi connectivity index (χ3n) is 8.42. The number of piperidine rings is 1. The Balaban J connectivity index is 1.12. The lowest BCUT2D eigenvalue weighted by Crippen LogP contribution is -2.57. The van der Waals surface area contributed by atoms with Crippen molar-refractivity contribution in [2.75, 3.05) is 13.1 Å². The van der Waals surface area contributed by atoms with E-state index in [4.69, 9.17) is 16.3 Å². The van der Waals surface area contributed by atoms with E-state index in [1.807, 2.05) is 24.3 Å². The van der Waals surface area contributed by atoms with Crippen LogP contribution in [-0.2, 0) is 16.1 Å². The number of hydrogen-bond acceptors (Lipinski definition) is 5. The smallest absolute Gasteiger partial charge is 0.255 e. The van der Waals surface area contributed by atoms with Crippen molar-refractivity contribution in [2.45, 2.75) is 76.1 Å². The van der Waals surface area contributed by atoms with Gasteiger partial charge < -0.3 is 9.64 Å². The summed E-state index contributed by atoms with van der Waals surface area (Å²) in [6.45, 7) is 4.41. The molecule has 0 radical (unpaired) electrons. The van der Waals surface area contributed by atoms with Gasteiger partial charge in [0.2, 0.25) is 11.8 Å². The average Bonchev–Trinajstić information content (AvgIpc) is 3.16. The van der Waals surface area contributed by atoms with Gasteiger partial charge in [0.15, 0.2) is 0 Å². The second-order valence-electron chi connectivity index (χ2n) is 10.9. The van der Waals surface area contributed by atoms with Crippen LogP contribution in [0.15, 0.2) is 36.4 Å². The van der Waals surface area contributed by atoms with Gasteiger partial charge in [-0.25, -0.2) is 0 Å². The van der Waals surface area contributed by atoms with Crippen molar-refractivity contribution in [1.29, 1.82) is 0 Å². The Morgan fingerprint density at radius 1 is 1.00 bits per heavy atom. The summed E-state index contributed by atoms with van der Waals surface area (Å²) in [6, 6.07) is 11.8. The number of amides is 3. The van der Waals surface area contributed by atoms with Crippen LogP contribution < -0.4 is 10.1 Å². The molecule has 7 nitrogen and oxygen atoms in total. The van der Waals surface area contributed by atoms with Crippen LogP contribution in [0.4, 0.5) is 0 Å². The highest BCUT2D eigenvalue weighted by atomic mass is 35.5. The molecule has 3 amide bonds. The van der Waals surface area contributed by atoms with Crippen LogP contribution in [0.2, 0.25) is 5.02 Å². The molecule has 37 heavy (non-hydrogen) atoms. The van der Waals surface area contributed by atoms with Crippen LogP contribution in [0, 0.1) is 6.92 Å². The van der Waals surface area contributed by atoms with E-state index in [9.17, 15) is 14.4 Å². The topological polar surface area (TPSA) is 79.0 Å². The van der Waals surface area contributed by atoms with E-state index >= 15 is 0 Å². The van der Waals surface area contributed by atoms with Gasteiger partial charge in [0.05, 0.1) is 0 Å².